The summed E-state index contributed by atoms with van der Waals surface area (Å²) in [5.41, 5.74) is 9.88. The Labute approximate surface area is 338 Å². The average molecular weight is 762 g/mol. The van der Waals surface area contributed by atoms with Crippen LogP contribution in [0, 0.1) is 5.92 Å². The molecule has 0 N–H and O–H groups in total. The maximum absolute atomic E-state index is 6.91. The van der Waals surface area contributed by atoms with Crippen LogP contribution in [-0.4, -0.2) is 16.1 Å². The maximum atomic E-state index is 6.91. The van der Waals surface area contributed by atoms with E-state index in [1.165, 1.54) is 41.7 Å². The number of para-hydroxylation sites is 2. The minimum absolute atomic E-state index is 0.101. The molecule has 4 heterocycles. The zero-order valence-corrected chi connectivity index (χ0v) is 32.5. The van der Waals surface area contributed by atoms with Crippen molar-refractivity contribution < 1.29 is 4.42 Å². The smallest absolute Gasteiger partial charge is 0.160 e. The van der Waals surface area contributed by atoms with E-state index >= 15 is 0 Å². The number of furan rings is 1. The zero-order chi connectivity index (χ0) is 38.3. The van der Waals surface area contributed by atoms with Gasteiger partial charge in [-0.1, -0.05) is 128 Å². The van der Waals surface area contributed by atoms with Gasteiger partial charge >= 0.3 is 0 Å². The Morgan fingerprint density at radius 3 is 2.16 bits per heavy atom. The van der Waals surface area contributed by atoms with Crippen molar-refractivity contribution in [1.82, 2.24) is 4.57 Å². The van der Waals surface area contributed by atoms with Crippen LogP contribution >= 0.6 is 11.3 Å². The number of fused-ring (bicyclic) bond motifs is 10. The van der Waals surface area contributed by atoms with Crippen LogP contribution in [0.4, 0.5) is 0 Å². The third-order valence-electron chi connectivity index (χ3n) is 11.9. The number of nitrogens with zero attached hydrogens (tertiary/aromatic N) is 3. The van der Waals surface area contributed by atoms with Gasteiger partial charge in [-0.25, -0.2) is 9.98 Å². The molecule has 1 aliphatic heterocycles. The second-order valence-electron chi connectivity index (χ2n) is 15.3. The lowest BCUT2D eigenvalue weighted by atomic mass is 9.92. The molecule has 0 aliphatic carbocycles. The number of benzene rings is 8. The molecule has 0 bridgehead atoms. The minimum Gasteiger partial charge on any atom is -0.455 e. The molecule has 5 heteroatoms. The number of amidine groups is 1. The van der Waals surface area contributed by atoms with Crippen LogP contribution in [0.15, 0.2) is 190 Å². The summed E-state index contributed by atoms with van der Waals surface area (Å²) in [4.78, 5) is 11.2. The highest BCUT2D eigenvalue weighted by Gasteiger charge is 2.25. The molecule has 1 aliphatic rings. The first-order valence-corrected chi connectivity index (χ1v) is 20.7. The number of thiophene rings is 1. The van der Waals surface area contributed by atoms with Gasteiger partial charge in [0.05, 0.1) is 33.7 Å². The van der Waals surface area contributed by atoms with E-state index in [1.54, 1.807) is 0 Å². The van der Waals surface area contributed by atoms with Crippen LogP contribution in [-0.2, 0) is 0 Å². The lowest BCUT2D eigenvalue weighted by Crippen LogP contribution is -2.17. The summed E-state index contributed by atoms with van der Waals surface area (Å²) in [6, 6.07) is 60.7. The highest BCUT2D eigenvalue weighted by atomic mass is 32.1. The molecule has 58 heavy (non-hydrogen) atoms. The fourth-order valence-electron chi connectivity index (χ4n) is 9.04. The molecule has 274 valence electrons. The lowest BCUT2D eigenvalue weighted by Gasteiger charge is -2.20. The van der Waals surface area contributed by atoms with Gasteiger partial charge in [0.25, 0.3) is 0 Å². The van der Waals surface area contributed by atoms with Gasteiger partial charge in [-0.15, -0.1) is 11.3 Å². The first-order valence-electron chi connectivity index (χ1n) is 19.9. The monoisotopic (exact) mass is 761 g/mol. The van der Waals surface area contributed by atoms with E-state index in [-0.39, 0.29) is 5.92 Å². The zero-order valence-electron chi connectivity index (χ0n) is 31.7. The van der Waals surface area contributed by atoms with Crippen molar-refractivity contribution in [3.05, 3.63) is 193 Å². The molecule has 3 aromatic heterocycles. The molecule has 1 atom stereocenters. The van der Waals surface area contributed by atoms with E-state index in [9.17, 15) is 0 Å². The quantitative estimate of drug-likeness (QED) is 0.176. The average Bonchev–Trinajstić information content (AvgIpc) is 3.94. The number of allylic oxidation sites excluding steroid dienone is 1. The summed E-state index contributed by atoms with van der Waals surface area (Å²) >= 11 is 1.84. The van der Waals surface area contributed by atoms with Crippen LogP contribution in [0.3, 0.4) is 0 Å². The van der Waals surface area contributed by atoms with Gasteiger partial charge in [-0.3, -0.25) is 0 Å². The van der Waals surface area contributed by atoms with Crippen molar-refractivity contribution >= 4 is 103 Å². The molecule has 1 unspecified atom stereocenters. The Hall–Kier alpha value is -7.08. The summed E-state index contributed by atoms with van der Waals surface area (Å²) in [5, 5.41) is 9.54. The normalized spacial score (nSPS) is 17.7. The van der Waals surface area contributed by atoms with Crippen molar-refractivity contribution in [2.45, 2.75) is 13.3 Å². The Kier molecular flexibility index (Phi) is 7.41. The van der Waals surface area contributed by atoms with Gasteiger partial charge in [-0.2, -0.15) is 0 Å². The van der Waals surface area contributed by atoms with Crippen LogP contribution in [0.2, 0.25) is 0 Å². The number of hydrogen-bond acceptors (Lipinski definition) is 4. The highest BCUT2D eigenvalue weighted by Crippen LogP contribution is 2.43. The van der Waals surface area contributed by atoms with E-state index in [1.807, 2.05) is 23.5 Å². The maximum Gasteiger partial charge on any atom is 0.160 e. The van der Waals surface area contributed by atoms with Crippen molar-refractivity contribution in [2.24, 2.45) is 15.9 Å². The molecule has 0 saturated heterocycles. The highest BCUT2D eigenvalue weighted by molar-refractivity contribution is 7.25. The SMILES string of the molecule is CC1C/C=C(c2c(-n3c4ccccc4c4cc5ccccc5cc43)ccc3c2oc2ccccc23)/N=C(c2ccccc2)\N=C/1c1ccc2sc3ccccc3c2c1. The largest absolute Gasteiger partial charge is 0.455 e. The van der Waals surface area contributed by atoms with Gasteiger partial charge in [-0.05, 0) is 77.4 Å². The number of hydrogen-bond donors (Lipinski definition) is 0. The Bertz CT molecular complexity index is 3560. The third kappa shape index (κ3) is 5.13. The molecule has 0 saturated carbocycles. The van der Waals surface area contributed by atoms with Gasteiger partial charge in [0.15, 0.2) is 5.84 Å². The van der Waals surface area contributed by atoms with Gasteiger partial charge < -0.3 is 8.98 Å². The summed E-state index contributed by atoms with van der Waals surface area (Å²) < 4.78 is 11.9. The Morgan fingerprint density at radius 2 is 1.28 bits per heavy atom. The van der Waals surface area contributed by atoms with Crippen LogP contribution < -0.4 is 0 Å². The van der Waals surface area contributed by atoms with E-state index < -0.39 is 0 Å². The Balaban J connectivity index is 1.14. The van der Waals surface area contributed by atoms with Gasteiger partial charge in [0, 0.05) is 53.2 Å². The first-order chi connectivity index (χ1) is 28.7. The molecule has 8 aromatic carbocycles. The molecule has 0 amide bonds. The molecule has 0 radical (unpaired) electrons. The van der Waals surface area contributed by atoms with Crippen molar-refractivity contribution in [3.63, 3.8) is 0 Å². The van der Waals surface area contributed by atoms with E-state index in [0.717, 1.165) is 73.2 Å². The summed E-state index contributed by atoms with van der Waals surface area (Å²) in [6.45, 7) is 2.29. The molecule has 0 spiro atoms. The predicted octanol–water partition coefficient (Wildman–Crippen LogP) is 14.5. The topological polar surface area (TPSA) is 42.8 Å². The number of aromatic nitrogens is 1. The van der Waals surface area contributed by atoms with E-state index in [0.29, 0.717) is 5.84 Å². The standard InChI is InChI=1S/C53H35N3OS/c1-32-23-26-43(54-53(33-13-3-2-4-14-33)55-51(32)36-24-28-49-42(30-36)39-19-9-12-22-48(39)58-49)50-45(27-25-40-38-18-8-11-21-47(38)57-52(40)50)56-44-20-10-7-17-37(44)41-29-34-15-5-6-16-35(34)31-46(41)56/h2-22,24-32H,23H2,1H3/b43-26+,54-53-,55-51+. The fourth-order valence-corrected chi connectivity index (χ4v) is 10.1. The van der Waals surface area contributed by atoms with Crippen molar-refractivity contribution in [2.75, 3.05) is 0 Å². The van der Waals surface area contributed by atoms with E-state index in [2.05, 4.69) is 175 Å². The molecule has 12 rings (SSSR count). The fraction of sp³-hybridized carbons (Fsp3) is 0.0566. The summed E-state index contributed by atoms with van der Waals surface area (Å²) in [7, 11) is 0. The second kappa shape index (κ2) is 13.0. The minimum atomic E-state index is 0.101. The van der Waals surface area contributed by atoms with Gasteiger partial charge in [0.2, 0.25) is 0 Å². The predicted molar refractivity (Wildman–Crippen MR) is 246 cm³/mol. The number of aliphatic imine (C=N–C) groups is 2. The summed E-state index contributed by atoms with van der Waals surface area (Å²) in [5.74, 6) is 0.778. The van der Waals surface area contributed by atoms with Crippen molar-refractivity contribution in [1.29, 1.82) is 0 Å². The van der Waals surface area contributed by atoms with Crippen LogP contribution in [0.5, 0.6) is 0 Å². The van der Waals surface area contributed by atoms with Crippen LogP contribution in [0.25, 0.3) is 86.1 Å². The third-order valence-corrected chi connectivity index (χ3v) is 13.0. The van der Waals surface area contributed by atoms with Crippen molar-refractivity contribution in [3.8, 4) is 5.69 Å². The summed E-state index contributed by atoms with van der Waals surface area (Å²) in [6.07, 6.45) is 3.06. The molecular weight excluding hydrogens is 727 g/mol. The first kappa shape index (κ1) is 33.1. The lowest BCUT2D eigenvalue weighted by molar-refractivity contribution is 0.667. The molecule has 11 aromatic rings. The number of rotatable bonds is 4. The molecular formula is C53H35N3OS. The van der Waals surface area contributed by atoms with Gasteiger partial charge in [0.1, 0.15) is 11.2 Å². The molecule has 0 fully saturated rings. The molecule has 4 nitrogen and oxygen atoms in total. The van der Waals surface area contributed by atoms with Crippen LogP contribution in [0.1, 0.15) is 30.0 Å². The Morgan fingerprint density at radius 1 is 0.552 bits per heavy atom. The second-order valence-corrected chi connectivity index (χ2v) is 16.4. The van der Waals surface area contributed by atoms with E-state index in [4.69, 9.17) is 14.4 Å².